The summed E-state index contributed by atoms with van der Waals surface area (Å²) in [5, 5.41) is 0. The zero-order chi connectivity index (χ0) is 20.1. The SMILES string of the molecule is CCN(CC)C(=O)[C@@H](OC(=O)c1[nH]c(C)c(C(C)=O)c1C)c1ccccc1. The van der Waals surface area contributed by atoms with Gasteiger partial charge in [0.15, 0.2) is 5.78 Å². The average Bonchev–Trinajstić information content (AvgIpc) is 2.95. The van der Waals surface area contributed by atoms with Crippen molar-refractivity contribution in [3.63, 3.8) is 0 Å². The Bertz CT molecular complexity index is 835. The molecule has 0 aliphatic carbocycles. The highest BCUT2D eigenvalue weighted by atomic mass is 16.5. The van der Waals surface area contributed by atoms with Crippen LogP contribution in [0.3, 0.4) is 0 Å². The van der Waals surface area contributed by atoms with Crippen LogP contribution in [0.2, 0.25) is 0 Å². The van der Waals surface area contributed by atoms with Gasteiger partial charge in [-0.3, -0.25) is 9.59 Å². The zero-order valence-electron chi connectivity index (χ0n) is 16.5. The molecule has 1 N–H and O–H groups in total. The number of aryl methyl sites for hydroxylation is 1. The Morgan fingerprint density at radius 1 is 1.07 bits per heavy atom. The third kappa shape index (κ3) is 4.27. The molecule has 144 valence electrons. The summed E-state index contributed by atoms with van der Waals surface area (Å²) in [6, 6.07) is 8.94. The number of carbonyl (C=O) groups excluding carboxylic acids is 3. The highest BCUT2D eigenvalue weighted by Gasteiger charge is 2.30. The molecule has 2 aromatic rings. The number of esters is 1. The molecule has 6 nitrogen and oxygen atoms in total. The lowest BCUT2D eigenvalue weighted by molar-refractivity contribution is -0.140. The number of hydrogen-bond acceptors (Lipinski definition) is 4. The number of likely N-dealkylation sites (N-methyl/N-ethyl adjacent to an activating group) is 1. The quantitative estimate of drug-likeness (QED) is 0.596. The molecule has 2 rings (SSSR count). The third-order valence-corrected chi connectivity index (χ3v) is 4.62. The molecule has 27 heavy (non-hydrogen) atoms. The monoisotopic (exact) mass is 370 g/mol. The normalized spacial score (nSPS) is 11.7. The van der Waals surface area contributed by atoms with Gasteiger partial charge in [0, 0.05) is 29.9 Å². The maximum absolute atomic E-state index is 12.9. The highest BCUT2D eigenvalue weighted by Crippen LogP contribution is 2.25. The van der Waals surface area contributed by atoms with Gasteiger partial charge >= 0.3 is 5.97 Å². The van der Waals surface area contributed by atoms with Gasteiger partial charge in [-0.25, -0.2) is 4.79 Å². The second-order valence-corrected chi connectivity index (χ2v) is 6.39. The molecule has 0 radical (unpaired) electrons. The molecule has 0 bridgehead atoms. The molecule has 0 unspecified atom stereocenters. The van der Waals surface area contributed by atoms with Crippen LogP contribution in [-0.4, -0.2) is 40.6 Å². The van der Waals surface area contributed by atoms with E-state index in [9.17, 15) is 14.4 Å². The van der Waals surface area contributed by atoms with Gasteiger partial charge in [-0.2, -0.15) is 0 Å². The number of aromatic nitrogens is 1. The van der Waals surface area contributed by atoms with Crippen molar-refractivity contribution in [3.8, 4) is 0 Å². The maximum atomic E-state index is 12.9. The lowest BCUT2D eigenvalue weighted by Gasteiger charge is -2.25. The Kier molecular flexibility index (Phi) is 6.55. The Hall–Kier alpha value is -2.89. The second-order valence-electron chi connectivity index (χ2n) is 6.39. The van der Waals surface area contributed by atoms with Crippen LogP contribution >= 0.6 is 0 Å². The summed E-state index contributed by atoms with van der Waals surface area (Å²) in [6.45, 7) is 9.67. The highest BCUT2D eigenvalue weighted by molar-refractivity contribution is 6.01. The minimum Gasteiger partial charge on any atom is -0.443 e. The fourth-order valence-electron chi connectivity index (χ4n) is 3.24. The van der Waals surface area contributed by atoms with E-state index in [1.165, 1.54) is 6.92 Å². The zero-order valence-corrected chi connectivity index (χ0v) is 16.5. The Morgan fingerprint density at radius 3 is 2.15 bits per heavy atom. The number of ether oxygens (including phenoxy) is 1. The van der Waals surface area contributed by atoms with Crippen LogP contribution in [0.1, 0.15) is 64.5 Å². The molecule has 6 heteroatoms. The number of amides is 1. The van der Waals surface area contributed by atoms with Crippen LogP contribution in [0, 0.1) is 13.8 Å². The maximum Gasteiger partial charge on any atom is 0.356 e. The molecular formula is C21H26N2O4. The number of Topliss-reactive ketones (excluding diaryl/α,β-unsaturated/α-hetero) is 1. The van der Waals surface area contributed by atoms with E-state index in [-0.39, 0.29) is 17.4 Å². The van der Waals surface area contributed by atoms with Gasteiger partial charge in [0.05, 0.1) is 0 Å². The van der Waals surface area contributed by atoms with Crippen molar-refractivity contribution >= 4 is 17.7 Å². The first-order chi connectivity index (χ1) is 12.8. The number of ketones is 1. The summed E-state index contributed by atoms with van der Waals surface area (Å²) in [5.41, 5.74) is 2.43. The molecule has 0 aliphatic heterocycles. The molecule has 1 atom stereocenters. The number of H-pyrrole nitrogens is 1. The smallest absolute Gasteiger partial charge is 0.356 e. The van der Waals surface area contributed by atoms with Gasteiger partial charge in [-0.1, -0.05) is 30.3 Å². The molecule has 0 saturated carbocycles. The first-order valence-corrected chi connectivity index (χ1v) is 9.06. The predicted molar refractivity (Wildman–Crippen MR) is 103 cm³/mol. The lowest BCUT2D eigenvalue weighted by atomic mass is 10.1. The van der Waals surface area contributed by atoms with Crippen molar-refractivity contribution in [2.45, 2.75) is 40.7 Å². The minimum atomic E-state index is -1.04. The molecule has 1 amide bonds. The molecule has 0 fully saturated rings. The summed E-state index contributed by atoms with van der Waals surface area (Å²) in [7, 11) is 0. The van der Waals surface area contributed by atoms with Gasteiger partial charge in [0.1, 0.15) is 5.69 Å². The fourth-order valence-corrected chi connectivity index (χ4v) is 3.24. The third-order valence-electron chi connectivity index (χ3n) is 4.62. The van der Waals surface area contributed by atoms with E-state index in [1.54, 1.807) is 43.0 Å². The molecule has 0 spiro atoms. The van der Waals surface area contributed by atoms with Gasteiger partial charge in [-0.15, -0.1) is 0 Å². The first-order valence-electron chi connectivity index (χ1n) is 9.06. The first kappa shape index (κ1) is 20.4. The molecule has 1 aromatic carbocycles. The number of rotatable bonds is 7. The van der Waals surface area contributed by atoms with Crippen LogP contribution in [0.25, 0.3) is 0 Å². The summed E-state index contributed by atoms with van der Waals surface area (Å²) < 4.78 is 5.63. The Balaban J connectivity index is 2.38. The fraction of sp³-hybridized carbons (Fsp3) is 0.381. The minimum absolute atomic E-state index is 0.126. The van der Waals surface area contributed by atoms with Crippen molar-refractivity contribution in [1.29, 1.82) is 0 Å². The van der Waals surface area contributed by atoms with Crippen LogP contribution in [0.15, 0.2) is 30.3 Å². The van der Waals surface area contributed by atoms with Crippen molar-refractivity contribution < 1.29 is 19.1 Å². The largest absolute Gasteiger partial charge is 0.443 e. The number of aromatic amines is 1. The van der Waals surface area contributed by atoms with E-state index in [4.69, 9.17) is 4.74 Å². The Labute approximate surface area is 159 Å². The van der Waals surface area contributed by atoms with Crippen LogP contribution in [0.5, 0.6) is 0 Å². The molecule has 0 aliphatic rings. The summed E-state index contributed by atoms with van der Waals surface area (Å²) in [4.78, 5) is 42.1. The summed E-state index contributed by atoms with van der Waals surface area (Å²) in [6.07, 6.45) is -1.04. The van der Waals surface area contributed by atoms with Crippen molar-refractivity contribution in [2.24, 2.45) is 0 Å². The van der Waals surface area contributed by atoms with Crippen LogP contribution < -0.4 is 0 Å². The number of hydrogen-bond donors (Lipinski definition) is 1. The van der Waals surface area contributed by atoms with E-state index in [1.807, 2.05) is 19.9 Å². The van der Waals surface area contributed by atoms with E-state index < -0.39 is 12.1 Å². The van der Waals surface area contributed by atoms with E-state index in [2.05, 4.69) is 4.98 Å². The summed E-state index contributed by atoms with van der Waals surface area (Å²) >= 11 is 0. The molecular weight excluding hydrogens is 344 g/mol. The number of carbonyl (C=O) groups is 3. The van der Waals surface area contributed by atoms with Gasteiger partial charge in [0.2, 0.25) is 6.10 Å². The molecule has 1 heterocycles. The van der Waals surface area contributed by atoms with Crippen LogP contribution in [0.4, 0.5) is 0 Å². The van der Waals surface area contributed by atoms with Crippen molar-refractivity contribution in [2.75, 3.05) is 13.1 Å². The number of benzene rings is 1. The topological polar surface area (TPSA) is 79.5 Å². The average molecular weight is 370 g/mol. The van der Waals surface area contributed by atoms with Crippen LogP contribution in [-0.2, 0) is 9.53 Å². The Morgan fingerprint density at radius 2 is 1.67 bits per heavy atom. The van der Waals surface area contributed by atoms with E-state index in [0.717, 1.165) is 0 Å². The molecule has 0 saturated heterocycles. The second kappa shape index (κ2) is 8.66. The number of nitrogens with one attached hydrogen (secondary N) is 1. The molecule has 1 aromatic heterocycles. The lowest BCUT2D eigenvalue weighted by Crippen LogP contribution is -2.36. The predicted octanol–water partition coefficient (Wildman–Crippen LogP) is 3.60. The van der Waals surface area contributed by atoms with Crippen molar-refractivity contribution in [1.82, 2.24) is 9.88 Å². The van der Waals surface area contributed by atoms with E-state index in [0.29, 0.717) is 35.5 Å². The van der Waals surface area contributed by atoms with E-state index >= 15 is 0 Å². The van der Waals surface area contributed by atoms with Gasteiger partial charge < -0.3 is 14.6 Å². The van der Waals surface area contributed by atoms with Gasteiger partial charge in [-0.05, 0) is 40.2 Å². The van der Waals surface area contributed by atoms with Gasteiger partial charge in [0.25, 0.3) is 5.91 Å². The summed E-state index contributed by atoms with van der Waals surface area (Å²) in [5.74, 6) is -1.05. The van der Waals surface area contributed by atoms with Crippen molar-refractivity contribution in [3.05, 3.63) is 58.4 Å². The number of nitrogens with zero attached hydrogens (tertiary/aromatic N) is 1. The standard InChI is InChI=1S/C21H26N2O4/c1-6-23(7-2)20(25)19(16-11-9-8-10-12-16)27-21(26)18-13(3)17(15(5)24)14(4)22-18/h8-12,19,22H,6-7H2,1-5H3/t19-/m0/s1.